The van der Waals surface area contributed by atoms with E-state index in [0.29, 0.717) is 11.3 Å². The second-order valence-corrected chi connectivity index (χ2v) is 6.06. The Kier molecular flexibility index (Phi) is 4.65. The summed E-state index contributed by atoms with van der Waals surface area (Å²) in [4.78, 5) is 20.5. The van der Waals surface area contributed by atoms with Gasteiger partial charge in [-0.05, 0) is 37.3 Å². The predicted octanol–water partition coefficient (Wildman–Crippen LogP) is 1.95. The van der Waals surface area contributed by atoms with E-state index in [1.165, 1.54) is 36.5 Å². The van der Waals surface area contributed by atoms with E-state index in [4.69, 9.17) is 15.7 Å². The summed E-state index contributed by atoms with van der Waals surface area (Å²) in [6.07, 6.45) is 1.31. The number of amidine groups is 1. The average Bonchev–Trinajstić information content (AvgIpc) is 2.63. The number of benzene rings is 1. The second-order valence-electron chi connectivity index (χ2n) is 6.06. The number of aromatic nitrogens is 1. The van der Waals surface area contributed by atoms with Gasteiger partial charge in [-0.15, -0.1) is 0 Å². The minimum Gasteiger partial charge on any atom is -0.386 e. The molecule has 1 aliphatic rings. The molecule has 0 aliphatic carbocycles. The summed E-state index contributed by atoms with van der Waals surface area (Å²) in [5.41, 5.74) is 5.90. The molecule has 3 N–H and O–H groups in total. The number of carbonyl (C=O) groups is 1. The number of nitrogens with one attached hydrogen (secondary N) is 1. The quantitative estimate of drug-likeness (QED) is 0.875. The molecule has 1 aromatic carbocycles. The number of halogens is 1. The fraction of sp³-hybridized carbons (Fsp3) is 0.222. The number of rotatable bonds is 3. The smallest absolute Gasteiger partial charge is 0.274 e. The van der Waals surface area contributed by atoms with Crippen molar-refractivity contribution in [2.75, 3.05) is 18.5 Å². The van der Waals surface area contributed by atoms with E-state index in [0.717, 1.165) is 0 Å². The number of nitrogens with zero attached hydrogens (tertiary/aromatic N) is 3. The van der Waals surface area contributed by atoms with Crippen LogP contribution >= 0.6 is 0 Å². The molecule has 2 aromatic rings. The predicted molar refractivity (Wildman–Crippen MR) is 93.1 cm³/mol. The number of hydrogen-bond donors (Lipinski definition) is 2. The van der Waals surface area contributed by atoms with Crippen LogP contribution in [0.15, 0.2) is 41.5 Å². The molecule has 1 aliphatic heterocycles. The molecule has 0 radical (unpaired) electrons. The number of nitriles is 1. The lowest BCUT2D eigenvalue weighted by molar-refractivity contribution is 0.102. The second kappa shape index (κ2) is 6.90. The molecule has 1 unspecified atom stereocenters. The van der Waals surface area contributed by atoms with Crippen molar-refractivity contribution in [2.24, 2.45) is 10.7 Å². The Morgan fingerprint density at radius 2 is 2.23 bits per heavy atom. The summed E-state index contributed by atoms with van der Waals surface area (Å²) in [5.74, 6) is -0.654. The van der Waals surface area contributed by atoms with Crippen molar-refractivity contribution in [1.29, 1.82) is 5.26 Å². The zero-order valence-corrected chi connectivity index (χ0v) is 14.0. The van der Waals surface area contributed by atoms with Gasteiger partial charge >= 0.3 is 0 Å². The van der Waals surface area contributed by atoms with Gasteiger partial charge in [-0.2, -0.15) is 5.26 Å². The van der Waals surface area contributed by atoms with Gasteiger partial charge in [-0.3, -0.25) is 9.79 Å². The Hall–Kier alpha value is -3.31. The third kappa shape index (κ3) is 3.53. The lowest BCUT2D eigenvalue weighted by Crippen LogP contribution is -2.38. The first-order valence-corrected chi connectivity index (χ1v) is 7.81. The molecule has 8 heteroatoms. The van der Waals surface area contributed by atoms with Gasteiger partial charge in [0, 0.05) is 17.4 Å². The Morgan fingerprint density at radius 1 is 1.42 bits per heavy atom. The number of aliphatic imine (C=N–C) groups is 1. The highest BCUT2D eigenvalue weighted by Gasteiger charge is 2.33. The van der Waals surface area contributed by atoms with Crippen LogP contribution in [0.4, 0.5) is 10.1 Å². The molecule has 2 heterocycles. The van der Waals surface area contributed by atoms with Crippen LogP contribution in [-0.4, -0.2) is 29.9 Å². The molecule has 0 bridgehead atoms. The molecule has 3 rings (SSSR count). The van der Waals surface area contributed by atoms with E-state index in [9.17, 15) is 9.18 Å². The fourth-order valence-corrected chi connectivity index (χ4v) is 2.68. The third-order valence-corrected chi connectivity index (χ3v) is 3.95. The number of hydrogen-bond acceptors (Lipinski definition) is 6. The van der Waals surface area contributed by atoms with Gasteiger partial charge in [-0.25, -0.2) is 9.37 Å². The fourth-order valence-electron chi connectivity index (χ4n) is 2.68. The standard InChI is InChI=1S/C18H16FN5O2/c1-18(10-26-9-16(21)24-18)13-6-12(3-4-14(13)19)23-17(25)15-5-2-11(7-20)8-22-15/h2-6,8H,9-10H2,1H3,(H2,21,24)(H,23,25). The van der Waals surface area contributed by atoms with Gasteiger partial charge in [-0.1, -0.05) is 0 Å². The SMILES string of the molecule is CC1(c2cc(NC(=O)c3ccc(C#N)cn3)ccc2F)COCC(N)=N1. The van der Waals surface area contributed by atoms with Crippen molar-refractivity contribution in [1.82, 2.24) is 4.98 Å². The first-order valence-electron chi connectivity index (χ1n) is 7.81. The van der Waals surface area contributed by atoms with Crippen molar-refractivity contribution in [2.45, 2.75) is 12.5 Å². The zero-order chi connectivity index (χ0) is 18.7. The van der Waals surface area contributed by atoms with Gasteiger partial charge in [0.1, 0.15) is 35.6 Å². The monoisotopic (exact) mass is 353 g/mol. The maximum atomic E-state index is 14.3. The highest BCUT2D eigenvalue weighted by Crippen LogP contribution is 2.32. The largest absolute Gasteiger partial charge is 0.386 e. The summed E-state index contributed by atoms with van der Waals surface area (Å²) in [6, 6.07) is 9.07. The summed E-state index contributed by atoms with van der Waals surface area (Å²) in [5, 5.41) is 11.4. The van der Waals surface area contributed by atoms with Crippen LogP contribution in [0, 0.1) is 17.1 Å². The highest BCUT2D eigenvalue weighted by atomic mass is 19.1. The third-order valence-electron chi connectivity index (χ3n) is 3.95. The summed E-state index contributed by atoms with van der Waals surface area (Å²) >= 11 is 0. The maximum absolute atomic E-state index is 14.3. The number of amides is 1. The van der Waals surface area contributed by atoms with Crippen LogP contribution in [0.1, 0.15) is 28.5 Å². The Bertz CT molecular complexity index is 920. The topological polar surface area (TPSA) is 113 Å². The molecule has 0 saturated carbocycles. The number of anilines is 1. The molecule has 1 atom stereocenters. The molecule has 0 saturated heterocycles. The zero-order valence-electron chi connectivity index (χ0n) is 14.0. The van der Waals surface area contributed by atoms with E-state index in [1.54, 1.807) is 6.92 Å². The Morgan fingerprint density at radius 3 is 2.88 bits per heavy atom. The van der Waals surface area contributed by atoms with Crippen molar-refractivity contribution in [3.05, 3.63) is 59.2 Å². The van der Waals surface area contributed by atoms with Crippen LogP contribution < -0.4 is 11.1 Å². The van der Waals surface area contributed by atoms with Crippen molar-refractivity contribution >= 4 is 17.4 Å². The van der Waals surface area contributed by atoms with E-state index in [2.05, 4.69) is 15.3 Å². The number of ether oxygens (including phenoxy) is 1. The maximum Gasteiger partial charge on any atom is 0.274 e. The van der Waals surface area contributed by atoms with Crippen molar-refractivity contribution < 1.29 is 13.9 Å². The van der Waals surface area contributed by atoms with Gasteiger partial charge < -0.3 is 15.8 Å². The van der Waals surface area contributed by atoms with E-state index < -0.39 is 17.3 Å². The molecular weight excluding hydrogens is 337 g/mol. The molecule has 1 amide bonds. The van der Waals surface area contributed by atoms with Gasteiger partial charge in [0.05, 0.1) is 12.2 Å². The highest BCUT2D eigenvalue weighted by molar-refractivity contribution is 6.02. The van der Waals surface area contributed by atoms with Crippen LogP contribution in [0.3, 0.4) is 0 Å². The van der Waals surface area contributed by atoms with E-state index >= 15 is 0 Å². The number of pyridine rings is 1. The molecule has 26 heavy (non-hydrogen) atoms. The molecule has 132 valence electrons. The van der Waals surface area contributed by atoms with E-state index in [-0.39, 0.29) is 30.3 Å². The Balaban J connectivity index is 1.86. The lowest BCUT2D eigenvalue weighted by atomic mass is 9.92. The summed E-state index contributed by atoms with van der Waals surface area (Å²) in [6.45, 7) is 2.10. The molecule has 0 fully saturated rings. The van der Waals surface area contributed by atoms with E-state index in [1.807, 2.05) is 6.07 Å². The minimum atomic E-state index is -0.972. The van der Waals surface area contributed by atoms with Crippen molar-refractivity contribution in [3.63, 3.8) is 0 Å². The number of carbonyl (C=O) groups excluding carboxylic acids is 1. The van der Waals surface area contributed by atoms with Gasteiger partial charge in [0.2, 0.25) is 0 Å². The van der Waals surface area contributed by atoms with Crippen LogP contribution in [-0.2, 0) is 10.3 Å². The first kappa shape index (κ1) is 17.5. The summed E-state index contributed by atoms with van der Waals surface area (Å²) in [7, 11) is 0. The van der Waals surface area contributed by atoms with Crippen LogP contribution in [0.2, 0.25) is 0 Å². The molecular formula is C18H16FN5O2. The van der Waals surface area contributed by atoms with Gasteiger partial charge in [0.15, 0.2) is 0 Å². The first-order chi connectivity index (χ1) is 12.4. The molecule has 7 nitrogen and oxygen atoms in total. The minimum absolute atomic E-state index is 0.143. The van der Waals surface area contributed by atoms with Crippen LogP contribution in [0.5, 0.6) is 0 Å². The average molecular weight is 353 g/mol. The molecule has 1 aromatic heterocycles. The van der Waals surface area contributed by atoms with Gasteiger partial charge in [0.25, 0.3) is 5.91 Å². The van der Waals surface area contributed by atoms with Crippen LogP contribution in [0.25, 0.3) is 0 Å². The number of nitrogens with two attached hydrogens (primary N) is 1. The van der Waals surface area contributed by atoms with Crippen molar-refractivity contribution in [3.8, 4) is 6.07 Å². The normalized spacial score (nSPS) is 19.3. The molecule has 0 spiro atoms. The lowest BCUT2D eigenvalue weighted by Gasteiger charge is -2.30. The Labute approximate surface area is 149 Å². The summed E-state index contributed by atoms with van der Waals surface area (Å²) < 4.78 is 19.7.